The molecule has 2 heterocycles. The highest BCUT2D eigenvalue weighted by Crippen LogP contribution is 2.50. The Morgan fingerprint density at radius 2 is 0.833 bits per heavy atom. The van der Waals surface area contributed by atoms with E-state index in [2.05, 4.69) is 272 Å². The Hall–Kier alpha value is -8.08. The van der Waals surface area contributed by atoms with Crippen LogP contribution < -0.4 is 31.1 Å². The van der Waals surface area contributed by atoms with Crippen LogP contribution in [0.3, 0.4) is 0 Å². The zero-order chi connectivity index (χ0) is 44.4. The van der Waals surface area contributed by atoms with Crippen LogP contribution in [0.1, 0.15) is 26.3 Å². The highest BCUT2D eigenvalue weighted by molar-refractivity contribution is 7.01. The largest absolute Gasteiger partial charge is 0.311 e. The summed E-state index contributed by atoms with van der Waals surface area (Å²) >= 11 is 0. The number of anilines is 9. The predicted molar refractivity (Wildman–Crippen MR) is 282 cm³/mol. The molecule has 10 aromatic rings. The van der Waals surface area contributed by atoms with E-state index in [0.717, 1.165) is 28.4 Å². The summed E-state index contributed by atoms with van der Waals surface area (Å²) in [4.78, 5) is 7.56. The van der Waals surface area contributed by atoms with Crippen molar-refractivity contribution >= 4 is 85.1 Å². The molecule has 0 fully saturated rings. The number of nitrogens with zero attached hydrogens (tertiary/aromatic N) is 3. The van der Waals surface area contributed by atoms with E-state index in [-0.39, 0.29) is 12.1 Å². The maximum absolute atomic E-state index is 2.57. The van der Waals surface area contributed by atoms with Crippen LogP contribution >= 0.6 is 0 Å². The first-order valence-electron chi connectivity index (χ1n) is 23.1. The number of hydrogen-bond acceptors (Lipinski definition) is 3. The summed E-state index contributed by atoms with van der Waals surface area (Å²) in [5.74, 6) is 0. The molecule has 12 rings (SSSR count). The summed E-state index contributed by atoms with van der Waals surface area (Å²) in [6, 6.07) is 87.1. The van der Waals surface area contributed by atoms with Crippen LogP contribution in [-0.4, -0.2) is 6.71 Å². The van der Waals surface area contributed by atoms with Crippen LogP contribution in [0.4, 0.5) is 51.2 Å². The molecule has 0 unspecified atom stereocenters. The van der Waals surface area contributed by atoms with E-state index < -0.39 is 0 Å². The molecule has 0 bridgehead atoms. The van der Waals surface area contributed by atoms with Gasteiger partial charge in [0.1, 0.15) is 0 Å². The third kappa shape index (κ3) is 6.60. The first-order chi connectivity index (χ1) is 32.4. The van der Waals surface area contributed by atoms with Crippen molar-refractivity contribution in [1.82, 2.24) is 0 Å². The van der Waals surface area contributed by atoms with Crippen LogP contribution in [0, 0.1) is 0 Å². The van der Waals surface area contributed by atoms with E-state index in [1.165, 1.54) is 77.7 Å². The Kier molecular flexibility index (Phi) is 9.50. The third-order valence-corrected chi connectivity index (χ3v) is 13.5. The molecular weight excluding hydrogens is 798 g/mol. The van der Waals surface area contributed by atoms with Crippen molar-refractivity contribution in [1.29, 1.82) is 0 Å². The van der Waals surface area contributed by atoms with Gasteiger partial charge in [-0.05, 0) is 128 Å². The molecule has 0 aliphatic carbocycles. The fourth-order valence-corrected chi connectivity index (χ4v) is 10.4. The Morgan fingerprint density at radius 1 is 0.364 bits per heavy atom. The van der Waals surface area contributed by atoms with Gasteiger partial charge in [0.05, 0.1) is 5.69 Å². The van der Waals surface area contributed by atoms with Gasteiger partial charge in [-0.1, -0.05) is 185 Å². The van der Waals surface area contributed by atoms with Crippen molar-refractivity contribution in [2.45, 2.75) is 26.2 Å². The molecule has 0 N–H and O–H groups in total. The standard InChI is InChI=1S/C62H48BN3/c1-62(2,3)47-40-57-61-58(41-47)66(51-33-21-26-45(38-51)43-22-9-4-10-23-43)56-39-46(44-24-11-5-12-25-44)36-37-54(56)63(61)60-53-35-20-19-34-52(53)55(42-59(60)65(57)50-31-17-8-18-32-50)64(48-27-13-6-14-28-48)49-29-15-7-16-30-49/h4-42H,1-3H3. The molecular formula is C62H48BN3. The van der Waals surface area contributed by atoms with Crippen molar-refractivity contribution in [3.05, 3.63) is 242 Å². The lowest BCUT2D eigenvalue weighted by Gasteiger charge is -2.46. The average Bonchev–Trinajstić information content (AvgIpc) is 3.37. The van der Waals surface area contributed by atoms with E-state index >= 15 is 0 Å². The van der Waals surface area contributed by atoms with Crippen LogP contribution in [0.15, 0.2) is 237 Å². The van der Waals surface area contributed by atoms with Crippen LogP contribution in [0.5, 0.6) is 0 Å². The molecule has 2 aliphatic rings. The lowest BCUT2D eigenvalue weighted by molar-refractivity contribution is 0.590. The molecule has 0 atom stereocenters. The second-order valence-corrected chi connectivity index (χ2v) is 18.6. The Bertz CT molecular complexity index is 3360. The van der Waals surface area contributed by atoms with Crippen molar-refractivity contribution < 1.29 is 0 Å². The first kappa shape index (κ1) is 39.5. The fraction of sp³-hybridized carbons (Fsp3) is 0.0645. The lowest BCUT2D eigenvalue weighted by Crippen LogP contribution is -2.61. The summed E-state index contributed by atoms with van der Waals surface area (Å²) in [6.07, 6.45) is 0. The molecule has 0 saturated heterocycles. The number of para-hydroxylation sites is 3. The zero-order valence-electron chi connectivity index (χ0n) is 37.4. The predicted octanol–water partition coefficient (Wildman–Crippen LogP) is 15.0. The molecule has 0 spiro atoms. The summed E-state index contributed by atoms with van der Waals surface area (Å²) in [5.41, 5.74) is 20.2. The van der Waals surface area contributed by atoms with Gasteiger partial charge >= 0.3 is 0 Å². The normalized spacial score (nSPS) is 12.7. The second kappa shape index (κ2) is 15.9. The molecule has 66 heavy (non-hydrogen) atoms. The fourth-order valence-electron chi connectivity index (χ4n) is 10.4. The minimum atomic E-state index is -0.153. The second-order valence-electron chi connectivity index (χ2n) is 18.6. The van der Waals surface area contributed by atoms with Crippen molar-refractivity contribution in [2.24, 2.45) is 0 Å². The van der Waals surface area contributed by atoms with Crippen LogP contribution in [0.2, 0.25) is 0 Å². The molecule has 0 saturated carbocycles. The van der Waals surface area contributed by atoms with E-state index in [1.807, 2.05) is 0 Å². The summed E-state index contributed by atoms with van der Waals surface area (Å²) in [7, 11) is 0. The van der Waals surface area contributed by atoms with Gasteiger partial charge in [-0.25, -0.2) is 0 Å². The van der Waals surface area contributed by atoms with Gasteiger partial charge in [-0.15, -0.1) is 0 Å². The third-order valence-electron chi connectivity index (χ3n) is 13.5. The van der Waals surface area contributed by atoms with E-state index in [9.17, 15) is 0 Å². The smallest absolute Gasteiger partial charge is 0.252 e. The summed E-state index contributed by atoms with van der Waals surface area (Å²) in [5, 5.41) is 2.44. The number of fused-ring (bicyclic) bond motifs is 6. The number of hydrogen-bond donors (Lipinski definition) is 0. The number of rotatable bonds is 7. The van der Waals surface area contributed by atoms with Crippen molar-refractivity contribution in [3.8, 4) is 22.3 Å². The first-order valence-corrected chi connectivity index (χ1v) is 23.1. The lowest BCUT2D eigenvalue weighted by atomic mass is 9.32. The van der Waals surface area contributed by atoms with E-state index in [1.54, 1.807) is 0 Å². The Balaban J connectivity index is 1.22. The minimum absolute atomic E-state index is 0.0757. The highest BCUT2D eigenvalue weighted by atomic mass is 15.2. The minimum Gasteiger partial charge on any atom is -0.311 e. The molecule has 10 aromatic carbocycles. The molecule has 0 radical (unpaired) electrons. The monoisotopic (exact) mass is 845 g/mol. The van der Waals surface area contributed by atoms with Crippen LogP contribution in [-0.2, 0) is 5.41 Å². The summed E-state index contributed by atoms with van der Waals surface area (Å²) < 4.78 is 0. The molecule has 4 heteroatoms. The SMILES string of the molecule is CC(C)(C)c1cc2c3c(c1)N(c1ccccc1)c1cc(N(c4ccccc4)c4ccccc4)c4ccccc4c1B3c1ccc(-c3ccccc3)cc1N2c1cccc(-c2ccccc2)c1. The summed E-state index contributed by atoms with van der Waals surface area (Å²) in [6.45, 7) is 6.96. The highest BCUT2D eigenvalue weighted by Gasteiger charge is 2.45. The maximum atomic E-state index is 2.57. The van der Waals surface area contributed by atoms with Gasteiger partial charge in [-0.3, -0.25) is 0 Å². The number of benzene rings is 10. The van der Waals surface area contributed by atoms with Gasteiger partial charge in [0, 0.05) is 50.9 Å². The molecule has 0 aromatic heterocycles. The van der Waals surface area contributed by atoms with Crippen LogP contribution in [0.25, 0.3) is 33.0 Å². The molecule has 314 valence electrons. The topological polar surface area (TPSA) is 9.72 Å². The molecule has 3 nitrogen and oxygen atoms in total. The molecule has 0 amide bonds. The quantitative estimate of drug-likeness (QED) is 0.148. The van der Waals surface area contributed by atoms with Crippen molar-refractivity contribution in [2.75, 3.05) is 14.7 Å². The van der Waals surface area contributed by atoms with Gasteiger partial charge in [0.2, 0.25) is 0 Å². The van der Waals surface area contributed by atoms with Gasteiger partial charge < -0.3 is 14.7 Å². The maximum Gasteiger partial charge on any atom is 0.252 e. The van der Waals surface area contributed by atoms with Crippen molar-refractivity contribution in [3.63, 3.8) is 0 Å². The van der Waals surface area contributed by atoms with Gasteiger partial charge in [-0.2, -0.15) is 0 Å². The zero-order valence-corrected chi connectivity index (χ0v) is 37.4. The Labute approximate surface area is 388 Å². The molecule has 2 aliphatic heterocycles. The Morgan fingerprint density at radius 3 is 1.42 bits per heavy atom. The van der Waals surface area contributed by atoms with E-state index in [4.69, 9.17) is 0 Å². The average molecular weight is 846 g/mol. The van der Waals surface area contributed by atoms with E-state index in [0.29, 0.717) is 0 Å². The van der Waals surface area contributed by atoms with Gasteiger partial charge in [0.25, 0.3) is 6.71 Å². The van der Waals surface area contributed by atoms with Gasteiger partial charge in [0.15, 0.2) is 0 Å².